The summed E-state index contributed by atoms with van der Waals surface area (Å²) < 4.78 is 3.79. The molecule has 1 saturated heterocycles. The molecule has 0 unspecified atom stereocenters. The van der Waals surface area contributed by atoms with Crippen molar-refractivity contribution in [1.29, 1.82) is 0 Å². The average Bonchev–Trinajstić information content (AvgIpc) is 3.52. The second kappa shape index (κ2) is 11.1. The van der Waals surface area contributed by atoms with Gasteiger partial charge in [0.15, 0.2) is 0 Å². The van der Waals surface area contributed by atoms with Gasteiger partial charge in [-0.15, -0.1) is 0 Å². The minimum Gasteiger partial charge on any atom is -0.373 e. The Kier molecular flexibility index (Phi) is 7.50. The molecular formula is C29H35N7O2. The highest BCUT2D eigenvalue weighted by Gasteiger charge is 2.28. The number of anilines is 1. The molecular weight excluding hydrogens is 478 g/mol. The number of primary amides is 1. The number of benzene rings is 1. The van der Waals surface area contributed by atoms with Crippen LogP contribution in [0.4, 0.5) is 5.82 Å². The van der Waals surface area contributed by atoms with Gasteiger partial charge in [-0.05, 0) is 68.4 Å². The fourth-order valence-electron chi connectivity index (χ4n) is 5.42. The van der Waals surface area contributed by atoms with Crippen molar-refractivity contribution in [3.05, 3.63) is 53.3 Å². The molecule has 9 heteroatoms. The van der Waals surface area contributed by atoms with Gasteiger partial charge in [0.05, 0.1) is 18.8 Å². The average molecular weight is 514 g/mol. The van der Waals surface area contributed by atoms with E-state index in [1.165, 1.54) is 24.0 Å². The van der Waals surface area contributed by atoms with Crippen molar-refractivity contribution in [3.63, 3.8) is 0 Å². The lowest BCUT2D eigenvalue weighted by atomic mass is 10.0. The van der Waals surface area contributed by atoms with Gasteiger partial charge in [-0.3, -0.25) is 14.3 Å². The Bertz CT molecular complexity index is 1380. The maximum absolute atomic E-state index is 12.6. The number of hydrogen-bond donors (Lipinski definition) is 2. The summed E-state index contributed by atoms with van der Waals surface area (Å²) in [7, 11) is 1.78. The normalized spacial score (nSPS) is 16.3. The summed E-state index contributed by atoms with van der Waals surface area (Å²) >= 11 is 0. The van der Waals surface area contributed by atoms with Crippen LogP contribution in [0.5, 0.6) is 0 Å². The highest BCUT2D eigenvalue weighted by Crippen LogP contribution is 2.40. The number of nitrogens with two attached hydrogens (primary N) is 1. The molecule has 0 atom stereocenters. The fourth-order valence-corrected chi connectivity index (χ4v) is 5.42. The zero-order valence-electron chi connectivity index (χ0n) is 22.1. The molecule has 1 aliphatic heterocycles. The second-order valence-corrected chi connectivity index (χ2v) is 10.2. The van der Waals surface area contributed by atoms with Crippen LogP contribution in [0.15, 0.2) is 36.7 Å². The smallest absolute Gasteiger partial charge is 0.298 e. The van der Waals surface area contributed by atoms with Gasteiger partial charge in [-0.2, -0.15) is 10.2 Å². The third kappa shape index (κ3) is 5.44. The van der Waals surface area contributed by atoms with E-state index < -0.39 is 5.91 Å². The molecule has 1 aliphatic carbocycles. The van der Waals surface area contributed by atoms with Gasteiger partial charge < -0.3 is 16.0 Å². The topological polar surface area (TPSA) is 111 Å². The van der Waals surface area contributed by atoms with Crippen molar-refractivity contribution >= 4 is 17.6 Å². The van der Waals surface area contributed by atoms with E-state index in [2.05, 4.69) is 46.5 Å². The molecule has 3 N–H and O–H groups in total. The summed E-state index contributed by atoms with van der Waals surface area (Å²) in [6.45, 7) is 3.64. The quantitative estimate of drug-likeness (QED) is 0.467. The van der Waals surface area contributed by atoms with Gasteiger partial charge in [-0.25, -0.2) is 4.68 Å². The van der Waals surface area contributed by atoms with Gasteiger partial charge in [0.2, 0.25) is 0 Å². The number of aromatic nitrogens is 4. The molecule has 2 aliphatic rings. The van der Waals surface area contributed by atoms with Crippen LogP contribution in [-0.2, 0) is 11.3 Å². The van der Waals surface area contributed by atoms with E-state index in [1.54, 1.807) is 20.2 Å². The minimum absolute atomic E-state index is 0.0824. The zero-order chi connectivity index (χ0) is 26.6. The first-order chi connectivity index (χ1) is 18.5. The molecule has 2 fully saturated rings. The fraction of sp³-hybridized carbons (Fsp3) is 0.448. The Labute approximate surface area is 223 Å². The second-order valence-electron chi connectivity index (χ2n) is 10.2. The number of carbonyl (C=O) groups excluding carboxylic acids is 2. The van der Waals surface area contributed by atoms with E-state index in [9.17, 15) is 9.59 Å². The lowest BCUT2D eigenvalue weighted by Gasteiger charge is -2.27. The number of hydrogen-bond acceptors (Lipinski definition) is 5. The van der Waals surface area contributed by atoms with Crippen LogP contribution >= 0.6 is 0 Å². The summed E-state index contributed by atoms with van der Waals surface area (Å²) in [5, 5.41) is 12.7. The first kappa shape index (κ1) is 25.6. The highest BCUT2D eigenvalue weighted by molar-refractivity contribution is 6.03. The SMILES string of the molecule is CC#CC(=O)N1CCCC(n2nc(-c3cnn(Cc4cccc(C5CC5)c4)c3)c(C(N)=O)c2NC)CCC1. The van der Waals surface area contributed by atoms with Crippen LogP contribution in [0.3, 0.4) is 0 Å². The van der Waals surface area contributed by atoms with E-state index in [4.69, 9.17) is 10.8 Å². The third-order valence-electron chi connectivity index (χ3n) is 7.44. The summed E-state index contributed by atoms with van der Waals surface area (Å²) in [4.78, 5) is 26.7. The number of rotatable bonds is 7. The molecule has 198 valence electrons. The summed E-state index contributed by atoms with van der Waals surface area (Å²) in [6, 6.07) is 8.78. The van der Waals surface area contributed by atoms with Crippen LogP contribution in [0.25, 0.3) is 11.3 Å². The molecule has 0 bridgehead atoms. The zero-order valence-corrected chi connectivity index (χ0v) is 22.1. The molecule has 2 amide bonds. The Hall–Kier alpha value is -4.06. The van der Waals surface area contributed by atoms with Gasteiger partial charge >= 0.3 is 0 Å². The van der Waals surface area contributed by atoms with Gasteiger partial charge in [0.25, 0.3) is 11.8 Å². The molecule has 2 aromatic heterocycles. The van der Waals surface area contributed by atoms with E-state index in [0.717, 1.165) is 31.2 Å². The monoisotopic (exact) mass is 513 g/mol. The Balaban J connectivity index is 1.38. The molecule has 5 rings (SSSR count). The Morgan fingerprint density at radius 2 is 1.92 bits per heavy atom. The van der Waals surface area contributed by atoms with Crippen molar-refractivity contribution < 1.29 is 9.59 Å². The summed E-state index contributed by atoms with van der Waals surface area (Å²) in [5.41, 5.74) is 10.1. The molecule has 0 radical (unpaired) electrons. The minimum atomic E-state index is -0.527. The summed E-state index contributed by atoms with van der Waals surface area (Å²) in [5.74, 6) is 6.02. The predicted molar refractivity (Wildman–Crippen MR) is 147 cm³/mol. The lowest BCUT2D eigenvalue weighted by molar-refractivity contribution is -0.125. The Morgan fingerprint density at radius 1 is 1.16 bits per heavy atom. The molecule has 0 spiro atoms. The Morgan fingerprint density at radius 3 is 2.58 bits per heavy atom. The lowest BCUT2D eigenvalue weighted by Crippen LogP contribution is -2.34. The maximum Gasteiger partial charge on any atom is 0.298 e. The largest absolute Gasteiger partial charge is 0.373 e. The van der Waals surface area contributed by atoms with Gasteiger partial charge in [0.1, 0.15) is 17.1 Å². The van der Waals surface area contributed by atoms with Gasteiger partial charge in [0, 0.05) is 31.9 Å². The first-order valence-electron chi connectivity index (χ1n) is 13.4. The maximum atomic E-state index is 12.6. The molecule has 38 heavy (non-hydrogen) atoms. The molecule has 1 aromatic carbocycles. The molecule has 1 saturated carbocycles. The van der Waals surface area contributed by atoms with Crippen LogP contribution in [0, 0.1) is 11.8 Å². The molecule has 9 nitrogen and oxygen atoms in total. The van der Waals surface area contributed by atoms with Crippen molar-refractivity contribution in [2.75, 3.05) is 25.5 Å². The highest BCUT2D eigenvalue weighted by atomic mass is 16.2. The van der Waals surface area contributed by atoms with Crippen molar-refractivity contribution in [3.8, 4) is 23.1 Å². The molecule has 3 aromatic rings. The van der Waals surface area contributed by atoms with Crippen LogP contribution < -0.4 is 11.1 Å². The molecule has 3 heterocycles. The van der Waals surface area contributed by atoms with E-state index in [-0.39, 0.29) is 11.9 Å². The van der Waals surface area contributed by atoms with Gasteiger partial charge in [-0.1, -0.05) is 30.2 Å². The van der Waals surface area contributed by atoms with Crippen LogP contribution in [0.2, 0.25) is 0 Å². The predicted octanol–water partition coefficient (Wildman–Crippen LogP) is 3.78. The van der Waals surface area contributed by atoms with Crippen LogP contribution in [-0.4, -0.2) is 56.4 Å². The third-order valence-corrected chi connectivity index (χ3v) is 7.44. The number of nitrogens with zero attached hydrogens (tertiary/aromatic N) is 5. The summed E-state index contributed by atoms with van der Waals surface area (Å²) in [6.07, 6.45) is 9.52. The number of amides is 2. The van der Waals surface area contributed by atoms with E-state index in [1.807, 2.05) is 20.5 Å². The standard InChI is InChI=1S/C29H35N7O2/c1-3-7-25(37)34-14-5-10-24(11-6-15-34)36-29(31-2)26(28(30)38)27(33-36)23-17-32-35(19-23)18-20-8-4-9-22(16-20)21-12-13-21/h4,8-9,16-17,19,21,24,31H,5-6,10-15,18H2,1-2H3,(H2,30,38). The number of nitrogens with one attached hydrogen (secondary N) is 1. The number of carbonyl (C=O) groups is 2. The van der Waals surface area contributed by atoms with E-state index >= 15 is 0 Å². The number of likely N-dealkylation sites (tertiary alicyclic amines) is 1. The van der Waals surface area contributed by atoms with Crippen molar-refractivity contribution in [2.24, 2.45) is 5.73 Å². The van der Waals surface area contributed by atoms with Crippen molar-refractivity contribution in [2.45, 2.75) is 64.0 Å². The van der Waals surface area contributed by atoms with Crippen LogP contribution in [0.1, 0.15) is 78.9 Å². The van der Waals surface area contributed by atoms with Crippen molar-refractivity contribution in [1.82, 2.24) is 24.5 Å². The van der Waals surface area contributed by atoms with E-state index in [0.29, 0.717) is 42.6 Å². The first-order valence-corrected chi connectivity index (χ1v) is 13.4.